The molecule has 0 aromatic heterocycles. The molecule has 0 aromatic rings. The van der Waals surface area contributed by atoms with Crippen molar-refractivity contribution >= 4 is 6.34 Å². The Morgan fingerprint density at radius 3 is 2.69 bits per heavy atom. The first-order valence-corrected chi connectivity index (χ1v) is 3.71. The Bertz CT molecular complexity index is 189. The number of alkyl halides is 4. The highest BCUT2D eigenvalue weighted by Gasteiger charge is 2.34. The maximum absolute atomic E-state index is 11.8. The highest BCUT2D eigenvalue weighted by molar-refractivity contribution is 5.59. The SMILES string of the molecule is FCCN1[C]=NC(CC(F)(F)F)[CH]1. The van der Waals surface area contributed by atoms with E-state index in [1.807, 2.05) is 0 Å². The van der Waals surface area contributed by atoms with E-state index in [-0.39, 0.29) is 6.54 Å². The molecule has 0 aliphatic carbocycles. The zero-order valence-corrected chi connectivity index (χ0v) is 6.68. The Kier molecular flexibility index (Phi) is 3.11. The highest BCUT2D eigenvalue weighted by atomic mass is 19.4. The molecule has 1 aliphatic heterocycles. The van der Waals surface area contributed by atoms with Gasteiger partial charge in [0.15, 0.2) is 6.34 Å². The van der Waals surface area contributed by atoms with Gasteiger partial charge in [-0.25, -0.2) is 4.39 Å². The first-order valence-electron chi connectivity index (χ1n) is 3.71. The van der Waals surface area contributed by atoms with Crippen molar-refractivity contribution in [3.8, 4) is 0 Å². The van der Waals surface area contributed by atoms with Crippen molar-refractivity contribution in [3.05, 3.63) is 6.54 Å². The van der Waals surface area contributed by atoms with E-state index in [2.05, 4.69) is 11.3 Å². The number of hydrogen-bond donors (Lipinski definition) is 0. The van der Waals surface area contributed by atoms with Gasteiger partial charge < -0.3 is 4.90 Å². The third-order valence-electron chi connectivity index (χ3n) is 1.47. The maximum Gasteiger partial charge on any atom is 0.391 e. The molecule has 6 heteroatoms. The third-order valence-corrected chi connectivity index (χ3v) is 1.47. The van der Waals surface area contributed by atoms with Crippen molar-refractivity contribution in [3.63, 3.8) is 0 Å². The fourth-order valence-corrected chi connectivity index (χ4v) is 0.974. The van der Waals surface area contributed by atoms with Crippen LogP contribution in [0.25, 0.3) is 0 Å². The molecule has 0 amide bonds. The minimum atomic E-state index is -4.24. The number of hydrogen-bond acceptors (Lipinski definition) is 2. The molecule has 0 bridgehead atoms. The van der Waals surface area contributed by atoms with Crippen molar-refractivity contribution in [2.75, 3.05) is 13.2 Å². The van der Waals surface area contributed by atoms with Gasteiger partial charge in [0, 0.05) is 6.54 Å². The Labute approximate surface area is 73.2 Å². The van der Waals surface area contributed by atoms with Crippen molar-refractivity contribution in [1.82, 2.24) is 4.90 Å². The molecule has 74 valence electrons. The Balaban J connectivity index is 2.30. The van der Waals surface area contributed by atoms with Crippen LogP contribution in [0.4, 0.5) is 17.6 Å². The Morgan fingerprint density at radius 2 is 2.15 bits per heavy atom. The van der Waals surface area contributed by atoms with E-state index in [1.54, 1.807) is 0 Å². The zero-order chi connectivity index (χ0) is 9.90. The second-order valence-electron chi connectivity index (χ2n) is 2.65. The minimum absolute atomic E-state index is 0.0118. The first-order chi connectivity index (χ1) is 6.01. The van der Waals surface area contributed by atoms with Crippen LogP contribution < -0.4 is 0 Å². The standard InChI is InChI=1S/C7H8F4N2/c8-1-2-13-4-6(12-5-13)3-7(9,10)11/h4,6H,1-3H2. The number of halogens is 4. The number of nitrogens with zero attached hydrogens (tertiary/aromatic N) is 2. The number of rotatable bonds is 3. The molecule has 0 saturated carbocycles. The van der Waals surface area contributed by atoms with Gasteiger partial charge in [0.2, 0.25) is 0 Å². The molecule has 0 N–H and O–H groups in total. The molecule has 1 aliphatic rings. The number of aliphatic imine (C=N–C) groups is 1. The van der Waals surface area contributed by atoms with Crippen LogP contribution >= 0.6 is 0 Å². The first kappa shape index (κ1) is 10.3. The van der Waals surface area contributed by atoms with Gasteiger partial charge in [-0.05, 0) is 0 Å². The van der Waals surface area contributed by atoms with Crippen molar-refractivity contribution < 1.29 is 17.6 Å². The minimum Gasteiger partial charge on any atom is -0.344 e. The molecule has 1 rings (SSSR count). The van der Waals surface area contributed by atoms with Crippen molar-refractivity contribution in [2.24, 2.45) is 4.99 Å². The predicted octanol–water partition coefficient (Wildman–Crippen LogP) is 1.66. The van der Waals surface area contributed by atoms with E-state index in [0.29, 0.717) is 0 Å². The molecule has 1 atom stereocenters. The van der Waals surface area contributed by atoms with Gasteiger partial charge >= 0.3 is 6.18 Å². The van der Waals surface area contributed by atoms with Crippen LogP contribution in [0.2, 0.25) is 0 Å². The topological polar surface area (TPSA) is 15.6 Å². The molecule has 2 radical (unpaired) electrons. The molecule has 1 unspecified atom stereocenters. The molecule has 0 aromatic carbocycles. The maximum atomic E-state index is 11.8. The largest absolute Gasteiger partial charge is 0.391 e. The third kappa shape index (κ3) is 3.61. The van der Waals surface area contributed by atoms with E-state index in [0.717, 1.165) is 0 Å². The summed E-state index contributed by atoms with van der Waals surface area (Å²) < 4.78 is 47.2. The molecule has 13 heavy (non-hydrogen) atoms. The second-order valence-corrected chi connectivity index (χ2v) is 2.65. The molecule has 0 fully saturated rings. The summed E-state index contributed by atoms with van der Waals surface area (Å²) in [6.45, 7) is 0.614. The van der Waals surface area contributed by atoms with E-state index in [4.69, 9.17) is 0 Å². The average Bonchev–Trinajstić information content (AvgIpc) is 2.33. The predicted molar refractivity (Wildman–Crippen MR) is 38.9 cm³/mol. The van der Waals surface area contributed by atoms with Crippen LogP contribution in [0.1, 0.15) is 6.42 Å². The van der Waals surface area contributed by atoms with Crippen LogP contribution in [0.15, 0.2) is 4.99 Å². The molecular formula is C7H8F4N2. The molecular weight excluding hydrogens is 188 g/mol. The van der Waals surface area contributed by atoms with Gasteiger partial charge in [0.25, 0.3) is 0 Å². The van der Waals surface area contributed by atoms with Gasteiger partial charge in [-0.1, -0.05) is 0 Å². The van der Waals surface area contributed by atoms with Crippen molar-refractivity contribution in [2.45, 2.75) is 18.6 Å². The van der Waals surface area contributed by atoms with E-state index < -0.39 is 25.3 Å². The summed E-state index contributed by atoms with van der Waals surface area (Å²) in [5.41, 5.74) is 0. The summed E-state index contributed by atoms with van der Waals surface area (Å²) in [5.74, 6) is 0. The summed E-state index contributed by atoms with van der Waals surface area (Å²) in [5, 5.41) is 0. The summed E-state index contributed by atoms with van der Waals surface area (Å²) in [4.78, 5) is 4.66. The zero-order valence-electron chi connectivity index (χ0n) is 6.68. The van der Waals surface area contributed by atoms with Crippen LogP contribution in [0.3, 0.4) is 0 Å². The summed E-state index contributed by atoms with van der Waals surface area (Å²) in [6, 6.07) is -0.938. The van der Waals surface area contributed by atoms with Crippen LogP contribution in [0.5, 0.6) is 0 Å². The van der Waals surface area contributed by atoms with Gasteiger partial charge in [0.1, 0.15) is 6.67 Å². The smallest absolute Gasteiger partial charge is 0.344 e. The van der Waals surface area contributed by atoms with Crippen LogP contribution in [-0.4, -0.2) is 36.7 Å². The second kappa shape index (κ2) is 3.93. The lowest BCUT2D eigenvalue weighted by Crippen LogP contribution is -2.23. The van der Waals surface area contributed by atoms with E-state index in [1.165, 1.54) is 11.4 Å². The lowest BCUT2D eigenvalue weighted by molar-refractivity contribution is -0.136. The monoisotopic (exact) mass is 196 g/mol. The average molecular weight is 196 g/mol. The van der Waals surface area contributed by atoms with E-state index >= 15 is 0 Å². The molecule has 2 nitrogen and oxygen atoms in total. The summed E-state index contributed by atoms with van der Waals surface area (Å²) >= 11 is 0. The lowest BCUT2D eigenvalue weighted by Gasteiger charge is -2.13. The summed E-state index contributed by atoms with van der Waals surface area (Å²) in [6.07, 6.45) is -2.96. The molecule has 0 saturated heterocycles. The van der Waals surface area contributed by atoms with Gasteiger partial charge in [-0.3, -0.25) is 4.99 Å². The van der Waals surface area contributed by atoms with Gasteiger partial charge in [0.05, 0.1) is 19.0 Å². The van der Waals surface area contributed by atoms with Gasteiger partial charge in [-0.15, -0.1) is 0 Å². The molecule has 1 heterocycles. The fraction of sp³-hybridized carbons (Fsp3) is 0.714. The van der Waals surface area contributed by atoms with E-state index in [9.17, 15) is 17.6 Å². The quantitative estimate of drug-likeness (QED) is 0.627. The Morgan fingerprint density at radius 1 is 1.46 bits per heavy atom. The van der Waals surface area contributed by atoms with Crippen molar-refractivity contribution in [1.29, 1.82) is 0 Å². The van der Waals surface area contributed by atoms with Gasteiger partial charge in [-0.2, -0.15) is 13.2 Å². The Hall–Kier alpha value is -0.810. The van der Waals surface area contributed by atoms with Crippen LogP contribution in [0, 0.1) is 6.54 Å². The highest BCUT2D eigenvalue weighted by Crippen LogP contribution is 2.26. The molecule has 0 spiro atoms. The fourth-order valence-electron chi connectivity index (χ4n) is 0.974. The van der Waals surface area contributed by atoms with Crippen LogP contribution in [-0.2, 0) is 0 Å². The normalized spacial score (nSPS) is 22.8. The summed E-state index contributed by atoms with van der Waals surface area (Å²) in [7, 11) is 0. The lowest BCUT2D eigenvalue weighted by atomic mass is 10.2.